The number of aromatic nitrogens is 4. The first-order valence-corrected chi connectivity index (χ1v) is 15.8. The van der Waals surface area contributed by atoms with Gasteiger partial charge in [-0.25, -0.2) is 8.78 Å². The van der Waals surface area contributed by atoms with Crippen molar-refractivity contribution in [3.63, 3.8) is 0 Å². The fourth-order valence-corrected chi connectivity index (χ4v) is 7.20. The molecule has 0 saturated carbocycles. The van der Waals surface area contributed by atoms with Gasteiger partial charge in [0.1, 0.15) is 24.8 Å². The number of amides is 1. The van der Waals surface area contributed by atoms with Crippen molar-refractivity contribution in [1.82, 2.24) is 30.0 Å². The summed E-state index contributed by atoms with van der Waals surface area (Å²) in [5.41, 5.74) is 5.04. The molecule has 6 rings (SSSR count). The number of nitriles is 1. The van der Waals surface area contributed by atoms with Crippen LogP contribution in [0.2, 0.25) is 0 Å². The number of hydrogen-bond acceptors (Lipinski definition) is 9. The predicted molar refractivity (Wildman–Crippen MR) is 171 cm³/mol. The fourth-order valence-electron chi connectivity index (χ4n) is 7.20. The summed E-state index contributed by atoms with van der Waals surface area (Å²) >= 11 is 0. The monoisotopic (exact) mass is 633 g/mol. The molecule has 5 heterocycles. The van der Waals surface area contributed by atoms with Gasteiger partial charge in [-0.15, -0.1) is 0 Å². The Hall–Kier alpha value is -4.31. The summed E-state index contributed by atoms with van der Waals surface area (Å²) in [6.45, 7) is 8.24. The second-order valence-corrected chi connectivity index (χ2v) is 13.0. The van der Waals surface area contributed by atoms with Crippen molar-refractivity contribution in [3.05, 3.63) is 46.8 Å². The zero-order valence-electron chi connectivity index (χ0n) is 26.9. The van der Waals surface area contributed by atoms with E-state index in [9.17, 15) is 18.8 Å². The second kappa shape index (κ2) is 12.8. The number of ether oxygens (including phenoxy) is 1. The maximum atomic E-state index is 14.8. The molecule has 244 valence electrons. The van der Waals surface area contributed by atoms with Crippen molar-refractivity contribution in [2.45, 2.75) is 64.3 Å². The number of nitrogens with zero attached hydrogens (tertiary/aromatic N) is 8. The van der Waals surface area contributed by atoms with Crippen molar-refractivity contribution in [1.29, 1.82) is 5.26 Å². The maximum absolute atomic E-state index is 14.8. The van der Waals surface area contributed by atoms with Gasteiger partial charge in [-0.3, -0.25) is 14.8 Å². The Morgan fingerprint density at radius 1 is 1.24 bits per heavy atom. The van der Waals surface area contributed by atoms with E-state index in [4.69, 9.17) is 14.7 Å². The van der Waals surface area contributed by atoms with Crippen molar-refractivity contribution in [2.24, 2.45) is 0 Å². The number of H-pyrrole nitrogens is 1. The first-order chi connectivity index (χ1) is 22.1. The van der Waals surface area contributed by atoms with E-state index in [1.54, 1.807) is 11.8 Å². The molecule has 1 unspecified atom stereocenters. The number of likely N-dealkylation sites (N-methyl/N-ethyl adjacent to an activating group) is 1. The zero-order valence-corrected chi connectivity index (χ0v) is 26.9. The number of aryl methyl sites for hydroxylation is 1. The molecular formula is C33H41F2N9O2. The summed E-state index contributed by atoms with van der Waals surface area (Å²) in [6, 6.07) is 4.06. The number of aromatic amines is 1. The van der Waals surface area contributed by atoms with Gasteiger partial charge in [-0.05, 0) is 57.5 Å². The Bertz CT molecular complexity index is 1680. The number of hydrogen-bond donors (Lipinski definition) is 1. The highest BCUT2D eigenvalue weighted by atomic mass is 19.1. The number of likely N-dealkylation sites (tertiary alicyclic amines) is 1. The Labute approximate surface area is 267 Å². The maximum Gasteiger partial charge on any atom is 0.318 e. The van der Waals surface area contributed by atoms with E-state index in [0.29, 0.717) is 45.6 Å². The molecule has 2 aromatic heterocycles. The molecule has 1 N–H and O–H groups in total. The van der Waals surface area contributed by atoms with Crippen LogP contribution in [0.4, 0.5) is 20.3 Å². The van der Waals surface area contributed by atoms with Gasteiger partial charge in [-0.1, -0.05) is 0 Å². The summed E-state index contributed by atoms with van der Waals surface area (Å²) in [5, 5.41) is 18.0. The van der Waals surface area contributed by atoms with Gasteiger partial charge in [-0.2, -0.15) is 20.3 Å². The molecule has 1 aromatic carbocycles. The predicted octanol–water partition coefficient (Wildman–Crippen LogP) is 3.80. The van der Waals surface area contributed by atoms with Crippen LogP contribution in [0.5, 0.6) is 6.01 Å². The van der Waals surface area contributed by atoms with Crippen LogP contribution >= 0.6 is 0 Å². The number of carbonyl (C=O) groups excluding carboxylic acids is 1. The summed E-state index contributed by atoms with van der Waals surface area (Å²) in [4.78, 5) is 30.7. The van der Waals surface area contributed by atoms with E-state index in [-0.39, 0.29) is 37.0 Å². The third kappa shape index (κ3) is 6.23. The third-order valence-corrected chi connectivity index (χ3v) is 9.58. The van der Waals surface area contributed by atoms with Crippen molar-refractivity contribution < 1.29 is 18.3 Å². The molecule has 46 heavy (non-hydrogen) atoms. The van der Waals surface area contributed by atoms with Crippen LogP contribution in [-0.4, -0.2) is 107 Å². The molecule has 0 bridgehead atoms. The summed E-state index contributed by atoms with van der Waals surface area (Å²) in [5.74, 6) is 0.431. The fraction of sp³-hybridized carbons (Fsp3) is 0.545. The van der Waals surface area contributed by atoms with Gasteiger partial charge in [0.15, 0.2) is 0 Å². The van der Waals surface area contributed by atoms with E-state index in [2.05, 4.69) is 46.0 Å². The summed E-state index contributed by atoms with van der Waals surface area (Å²) in [6.07, 6.45) is 5.48. The van der Waals surface area contributed by atoms with E-state index < -0.39 is 12.3 Å². The van der Waals surface area contributed by atoms with Gasteiger partial charge < -0.3 is 19.4 Å². The molecule has 0 aliphatic carbocycles. The number of fused-ring (bicyclic) bond motifs is 2. The first kappa shape index (κ1) is 31.7. The normalized spacial score (nSPS) is 23.7. The van der Waals surface area contributed by atoms with E-state index >= 15 is 0 Å². The highest BCUT2D eigenvalue weighted by Gasteiger charge is 2.40. The van der Waals surface area contributed by atoms with Crippen LogP contribution in [0.25, 0.3) is 10.9 Å². The van der Waals surface area contributed by atoms with Crippen molar-refractivity contribution >= 4 is 28.3 Å². The summed E-state index contributed by atoms with van der Waals surface area (Å²) < 4.78 is 33.7. The summed E-state index contributed by atoms with van der Waals surface area (Å²) in [7, 11) is 1.90. The van der Waals surface area contributed by atoms with Crippen molar-refractivity contribution in [2.75, 3.05) is 62.9 Å². The molecule has 3 aliphatic heterocycles. The van der Waals surface area contributed by atoms with Gasteiger partial charge in [0.2, 0.25) is 5.91 Å². The minimum atomic E-state index is -1.28. The second-order valence-electron chi connectivity index (χ2n) is 13.0. The number of halogens is 2. The van der Waals surface area contributed by atoms with Crippen LogP contribution in [0, 0.1) is 25.2 Å². The number of piperazine rings is 1. The number of allylic oxidation sites excluding steroid dienone is 1. The molecule has 11 nitrogen and oxygen atoms in total. The van der Waals surface area contributed by atoms with Gasteiger partial charge >= 0.3 is 6.01 Å². The topological polar surface area (TPSA) is 118 Å². The average Bonchev–Trinajstić information content (AvgIpc) is 3.60. The Morgan fingerprint density at radius 2 is 2.07 bits per heavy atom. The minimum Gasteiger partial charge on any atom is -0.462 e. The molecule has 3 aromatic rings. The molecule has 3 atom stereocenters. The van der Waals surface area contributed by atoms with Crippen LogP contribution < -0.4 is 14.5 Å². The van der Waals surface area contributed by atoms with E-state index in [1.165, 1.54) is 23.3 Å². The number of benzene rings is 1. The molecule has 0 radical (unpaired) electrons. The lowest BCUT2D eigenvalue weighted by atomic mass is 9.99. The van der Waals surface area contributed by atoms with Crippen molar-refractivity contribution in [3.8, 4) is 12.1 Å². The molecule has 1 amide bonds. The van der Waals surface area contributed by atoms with E-state index in [1.807, 2.05) is 18.1 Å². The molecular weight excluding hydrogens is 592 g/mol. The zero-order chi connectivity index (χ0) is 32.6. The number of rotatable bonds is 8. The molecule has 2 fully saturated rings. The minimum absolute atomic E-state index is 0.106. The largest absolute Gasteiger partial charge is 0.462 e. The third-order valence-electron chi connectivity index (χ3n) is 9.58. The number of anilines is 2. The van der Waals surface area contributed by atoms with Crippen LogP contribution in [0.15, 0.2) is 24.4 Å². The number of carbonyl (C=O) groups is 1. The van der Waals surface area contributed by atoms with Gasteiger partial charge in [0, 0.05) is 62.2 Å². The van der Waals surface area contributed by atoms with Gasteiger partial charge in [0.25, 0.3) is 0 Å². The average molecular weight is 634 g/mol. The number of nitrogens with one attached hydrogen (secondary N) is 1. The highest BCUT2D eigenvalue weighted by molar-refractivity contribution is 5.94. The first-order valence-electron chi connectivity index (χ1n) is 15.8. The quantitative estimate of drug-likeness (QED) is 0.370. The van der Waals surface area contributed by atoms with E-state index in [0.717, 1.165) is 40.2 Å². The molecule has 3 aliphatic rings. The molecule has 2 saturated heterocycles. The standard InChI is InChI=1S/C33H41F2N9O2/c1-21-14-27-26(16-37-40-27)30(22(21)2)42-11-8-25-28(18-42)38-32(46-19-24-15-33(3,35)20-41(24)4)39-31(25)43-12-13-44(23(17-43)7-10-36)29(45)6-5-9-34/h5-6,14,16,23-24H,7-9,11-13,15,17-20H2,1-4H3,(H,37,40)/b6-5+/t23-,24-,33?/m0/s1. The molecule has 13 heteroatoms. The lowest BCUT2D eigenvalue weighted by Crippen LogP contribution is -2.55. The van der Waals surface area contributed by atoms with Crippen LogP contribution in [0.1, 0.15) is 42.1 Å². The number of alkyl halides is 2. The lowest BCUT2D eigenvalue weighted by molar-refractivity contribution is -0.128. The molecule has 0 spiro atoms. The highest BCUT2D eigenvalue weighted by Crippen LogP contribution is 2.37. The smallest absolute Gasteiger partial charge is 0.318 e. The Morgan fingerprint density at radius 3 is 2.80 bits per heavy atom. The lowest BCUT2D eigenvalue weighted by Gasteiger charge is -2.42. The SMILES string of the molecule is Cc1cc2[nH]ncc2c(N2CCc3c(nc(OC[C@@H]4CC(C)(F)CN4C)nc3N3CCN(C(=O)/C=C/CF)[C@@H](CC#N)C3)C2)c1C. The van der Waals surface area contributed by atoms with Crippen LogP contribution in [0.3, 0.4) is 0 Å². The Balaban J connectivity index is 1.33. The van der Waals surface area contributed by atoms with Gasteiger partial charge in [0.05, 0.1) is 48.2 Å². The van der Waals surface area contributed by atoms with Crippen LogP contribution in [-0.2, 0) is 17.8 Å². The Kier molecular flexibility index (Phi) is 8.83.